The summed E-state index contributed by atoms with van der Waals surface area (Å²) >= 11 is 0. The molecule has 0 amide bonds. The molecule has 0 radical (unpaired) electrons. The van der Waals surface area contributed by atoms with Crippen molar-refractivity contribution >= 4 is 18.7 Å². The van der Waals surface area contributed by atoms with Crippen LogP contribution in [0, 0.1) is 0 Å². The van der Waals surface area contributed by atoms with E-state index in [4.69, 9.17) is 0 Å². The van der Waals surface area contributed by atoms with Gasteiger partial charge in [-0.15, -0.1) is 12.4 Å². The molecule has 148 valence electrons. The largest absolute Gasteiger partial charge is 0.357 e. The van der Waals surface area contributed by atoms with Gasteiger partial charge in [-0.05, 0) is 12.8 Å². The van der Waals surface area contributed by atoms with E-state index in [1.165, 1.54) is 96.3 Å². The summed E-state index contributed by atoms with van der Waals surface area (Å²) in [6.45, 7) is 5.42. The molecule has 0 saturated heterocycles. The van der Waals surface area contributed by atoms with Gasteiger partial charge in [0.1, 0.15) is 0 Å². The molecule has 0 aliphatic carbocycles. The topological polar surface area (TPSA) is 15.6 Å². The van der Waals surface area contributed by atoms with Gasteiger partial charge in [-0.2, -0.15) is 0 Å². The standard InChI is InChI=1S/C22H42N2.ClH/c1-2-3-4-5-6-7-8-9-10-11-12-13-14-15-16-17-18-20-24-21-19-23-22-24;/h17-18,22H,2-16,19-21H2,1H3;1H. The van der Waals surface area contributed by atoms with Crippen molar-refractivity contribution in [1.82, 2.24) is 4.90 Å². The van der Waals surface area contributed by atoms with Gasteiger partial charge in [0.25, 0.3) is 0 Å². The predicted octanol–water partition coefficient (Wildman–Crippen LogP) is 7.18. The molecule has 0 unspecified atom stereocenters. The maximum absolute atomic E-state index is 4.23. The lowest BCUT2D eigenvalue weighted by atomic mass is 10.0. The van der Waals surface area contributed by atoms with Gasteiger partial charge in [-0.1, -0.05) is 103 Å². The van der Waals surface area contributed by atoms with E-state index in [2.05, 4.69) is 29.0 Å². The van der Waals surface area contributed by atoms with E-state index in [0.29, 0.717) is 0 Å². The minimum absolute atomic E-state index is 0. The number of aliphatic imine (C=N–C) groups is 1. The molecule has 0 bridgehead atoms. The van der Waals surface area contributed by atoms with E-state index in [0.717, 1.165) is 19.6 Å². The van der Waals surface area contributed by atoms with Crippen molar-refractivity contribution in [3.63, 3.8) is 0 Å². The van der Waals surface area contributed by atoms with Crippen LogP contribution in [0.15, 0.2) is 17.1 Å². The summed E-state index contributed by atoms with van der Waals surface area (Å²) in [6, 6.07) is 0. The van der Waals surface area contributed by atoms with Gasteiger partial charge >= 0.3 is 0 Å². The van der Waals surface area contributed by atoms with Gasteiger partial charge in [-0.3, -0.25) is 4.99 Å². The summed E-state index contributed by atoms with van der Waals surface area (Å²) in [4.78, 5) is 6.51. The van der Waals surface area contributed by atoms with Gasteiger partial charge < -0.3 is 4.90 Å². The van der Waals surface area contributed by atoms with Crippen LogP contribution in [0.5, 0.6) is 0 Å². The van der Waals surface area contributed by atoms with E-state index >= 15 is 0 Å². The third-order valence-electron chi connectivity index (χ3n) is 4.99. The SMILES string of the molecule is CCCCCCCCCCCCCCCCC=CCN1C=NCC1.Cl. The van der Waals surface area contributed by atoms with Crippen LogP contribution in [0.25, 0.3) is 0 Å². The third-order valence-corrected chi connectivity index (χ3v) is 4.99. The van der Waals surface area contributed by atoms with Crippen LogP contribution in [-0.4, -0.2) is 30.9 Å². The quantitative estimate of drug-likeness (QED) is 0.195. The fourth-order valence-electron chi connectivity index (χ4n) is 3.34. The van der Waals surface area contributed by atoms with Gasteiger partial charge in [0.05, 0.1) is 12.9 Å². The molecule has 0 atom stereocenters. The molecular formula is C22H43ClN2. The summed E-state index contributed by atoms with van der Waals surface area (Å²) in [5.41, 5.74) is 0. The Morgan fingerprint density at radius 3 is 1.76 bits per heavy atom. The van der Waals surface area contributed by atoms with Crippen molar-refractivity contribution < 1.29 is 0 Å². The van der Waals surface area contributed by atoms with Crippen LogP contribution in [0.1, 0.15) is 103 Å². The van der Waals surface area contributed by atoms with E-state index < -0.39 is 0 Å². The molecule has 1 aliphatic heterocycles. The number of allylic oxidation sites excluding steroid dienone is 1. The minimum atomic E-state index is 0. The average molecular weight is 371 g/mol. The van der Waals surface area contributed by atoms with Crippen LogP contribution in [0.3, 0.4) is 0 Å². The van der Waals surface area contributed by atoms with Crippen molar-refractivity contribution in [1.29, 1.82) is 0 Å². The lowest BCUT2D eigenvalue weighted by Crippen LogP contribution is -2.19. The molecule has 0 aromatic rings. The Bertz CT molecular complexity index is 315. The Morgan fingerprint density at radius 2 is 1.28 bits per heavy atom. The van der Waals surface area contributed by atoms with Crippen molar-refractivity contribution in [2.75, 3.05) is 19.6 Å². The van der Waals surface area contributed by atoms with E-state index in [1.807, 2.05) is 6.34 Å². The fourth-order valence-corrected chi connectivity index (χ4v) is 3.34. The monoisotopic (exact) mass is 370 g/mol. The van der Waals surface area contributed by atoms with E-state index in [1.54, 1.807) is 0 Å². The Balaban J connectivity index is 0.00000576. The first-order chi connectivity index (χ1) is 11.9. The van der Waals surface area contributed by atoms with Crippen LogP contribution in [0.4, 0.5) is 0 Å². The van der Waals surface area contributed by atoms with Crippen molar-refractivity contribution in [3.8, 4) is 0 Å². The molecule has 3 heteroatoms. The fraction of sp³-hybridized carbons (Fsp3) is 0.864. The molecule has 0 spiro atoms. The van der Waals surface area contributed by atoms with Gasteiger partial charge in [0, 0.05) is 13.1 Å². The van der Waals surface area contributed by atoms with E-state index in [-0.39, 0.29) is 12.4 Å². The van der Waals surface area contributed by atoms with Crippen LogP contribution >= 0.6 is 12.4 Å². The minimum Gasteiger partial charge on any atom is -0.357 e. The maximum atomic E-state index is 4.23. The zero-order chi connectivity index (χ0) is 17.1. The highest BCUT2D eigenvalue weighted by Gasteiger charge is 2.01. The molecule has 0 N–H and O–H groups in total. The molecule has 0 saturated carbocycles. The number of hydrogen-bond acceptors (Lipinski definition) is 2. The number of unbranched alkanes of at least 4 members (excludes halogenated alkanes) is 14. The second kappa shape index (κ2) is 19.8. The zero-order valence-electron chi connectivity index (χ0n) is 16.8. The Hall–Kier alpha value is -0.500. The summed E-state index contributed by atoms with van der Waals surface area (Å²) in [5, 5.41) is 0. The molecule has 1 aliphatic rings. The van der Waals surface area contributed by atoms with Gasteiger partial charge in [0.15, 0.2) is 0 Å². The molecule has 0 aromatic heterocycles. The maximum Gasteiger partial charge on any atom is 0.0854 e. The zero-order valence-corrected chi connectivity index (χ0v) is 17.6. The molecule has 0 fully saturated rings. The molecule has 1 heterocycles. The highest BCUT2D eigenvalue weighted by molar-refractivity contribution is 5.85. The van der Waals surface area contributed by atoms with Crippen LogP contribution < -0.4 is 0 Å². The van der Waals surface area contributed by atoms with Crippen LogP contribution in [0.2, 0.25) is 0 Å². The molecular weight excluding hydrogens is 328 g/mol. The summed E-state index contributed by atoms with van der Waals surface area (Å²) < 4.78 is 0. The lowest BCUT2D eigenvalue weighted by Gasteiger charge is -2.09. The predicted molar refractivity (Wildman–Crippen MR) is 116 cm³/mol. The van der Waals surface area contributed by atoms with Crippen LogP contribution in [-0.2, 0) is 0 Å². The summed E-state index contributed by atoms with van der Waals surface area (Å²) in [6.07, 6.45) is 28.1. The van der Waals surface area contributed by atoms with Gasteiger partial charge in [-0.25, -0.2) is 0 Å². The molecule has 1 rings (SSSR count). The van der Waals surface area contributed by atoms with Crippen molar-refractivity contribution in [2.45, 2.75) is 103 Å². The summed E-state index contributed by atoms with van der Waals surface area (Å²) in [7, 11) is 0. The third kappa shape index (κ3) is 16.7. The number of hydrogen-bond donors (Lipinski definition) is 0. The van der Waals surface area contributed by atoms with Crippen molar-refractivity contribution in [3.05, 3.63) is 12.2 Å². The first kappa shape index (κ1) is 24.5. The number of nitrogens with zero attached hydrogens (tertiary/aromatic N) is 2. The Morgan fingerprint density at radius 1 is 0.760 bits per heavy atom. The number of rotatable bonds is 17. The highest BCUT2D eigenvalue weighted by Crippen LogP contribution is 2.13. The lowest BCUT2D eigenvalue weighted by molar-refractivity contribution is 0.517. The van der Waals surface area contributed by atoms with E-state index in [9.17, 15) is 0 Å². The second-order valence-corrected chi connectivity index (χ2v) is 7.37. The average Bonchev–Trinajstić information content (AvgIpc) is 3.11. The first-order valence-corrected chi connectivity index (χ1v) is 10.8. The first-order valence-electron chi connectivity index (χ1n) is 10.8. The second-order valence-electron chi connectivity index (χ2n) is 7.37. The molecule has 25 heavy (non-hydrogen) atoms. The normalized spacial score (nSPS) is 13.7. The molecule has 0 aromatic carbocycles. The molecule has 2 nitrogen and oxygen atoms in total. The van der Waals surface area contributed by atoms with Crippen molar-refractivity contribution in [2.24, 2.45) is 4.99 Å². The van der Waals surface area contributed by atoms with Gasteiger partial charge in [0.2, 0.25) is 0 Å². The Kier molecular flexibility index (Phi) is 19.4. The summed E-state index contributed by atoms with van der Waals surface area (Å²) in [5.74, 6) is 0. The highest BCUT2D eigenvalue weighted by atomic mass is 35.5. The smallest absolute Gasteiger partial charge is 0.0854 e. The number of halogens is 1. The Labute approximate surface area is 164 Å².